The fourth-order valence-electron chi connectivity index (χ4n) is 0.817. The summed E-state index contributed by atoms with van der Waals surface area (Å²) in [6.07, 6.45) is 0.405. The first-order valence-corrected chi connectivity index (χ1v) is 3.36. The molecule has 0 amide bonds. The van der Waals surface area contributed by atoms with E-state index in [2.05, 4.69) is 0 Å². The Morgan fingerprint density at radius 1 is 1.36 bits per heavy atom. The highest BCUT2D eigenvalue weighted by Crippen LogP contribution is 2.10. The van der Waals surface area contributed by atoms with E-state index < -0.39 is 6.10 Å². The molecule has 0 aromatic heterocycles. The quantitative estimate of drug-likeness (QED) is 0.684. The van der Waals surface area contributed by atoms with E-state index in [4.69, 9.17) is 5.11 Å². The highest BCUT2D eigenvalue weighted by Gasteiger charge is 2.04. The maximum absolute atomic E-state index is 10.0. The molecule has 0 fully saturated rings. The van der Waals surface area contributed by atoms with Crippen LogP contribution in [-0.2, 0) is 4.79 Å². The Bertz CT molecular complexity index is 238. The SMILES string of the molecule is Cc1ccc(C(O)[C]=O)cc1. The third kappa shape index (κ3) is 1.88. The molecule has 0 heterocycles. The van der Waals surface area contributed by atoms with Gasteiger partial charge in [-0.2, -0.15) is 0 Å². The lowest BCUT2D eigenvalue weighted by Crippen LogP contribution is -1.97. The zero-order valence-electron chi connectivity index (χ0n) is 6.24. The monoisotopic (exact) mass is 149 g/mol. The molecule has 0 bridgehead atoms. The molecule has 57 valence electrons. The van der Waals surface area contributed by atoms with Crippen molar-refractivity contribution in [2.75, 3.05) is 0 Å². The van der Waals surface area contributed by atoms with Gasteiger partial charge in [0.1, 0.15) is 6.10 Å². The minimum Gasteiger partial charge on any atom is -0.380 e. The van der Waals surface area contributed by atoms with Crippen molar-refractivity contribution in [3.8, 4) is 0 Å². The number of aliphatic hydroxyl groups is 1. The molecule has 1 aromatic carbocycles. The molecule has 0 spiro atoms. The minimum atomic E-state index is -1.10. The number of rotatable bonds is 2. The van der Waals surface area contributed by atoms with Crippen LogP contribution in [-0.4, -0.2) is 11.4 Å². The Morgan fingerprint density at radius 3 is 2.36 bits per heavy atom. The topological polar surface area (TPSA) is 37.3 Å². The van der Waals surface area contributed by atoms with E-state index >= 15 is 0 Å². The Hall–Kier alpha value is -1.15. The van der Waals surface area contributed by atoms with E-state index in [1.54, 1.807) is 12.1 Å². The summed E-state index contributed by atoms with van der Waals surface area (Å²) in [5.74, 6) is 0. The van der Waals surface area contributed by atoms with Gasteiger partial charge in [-0.25, -0.2) is 0 Å². The van der Waals surface area contributed by atoms with Crippen molar-refractivity contribution in [3.63, 3.8) is 0 Å². The third-order valence-electron chi connectivity index (χ3n) is 1.50. The van der Waals surface area contributed by atoms with Crippen molar-refractivity contribution in [3.05, 3.63) is 35.4 Å². The lowest BCUT2D eigenvalue weighted by atomic mass is 10.1. The van der Waals surface area contributed by atoms with E-state index in [1.165, 1.54) is 6.29 Å². The molecule has 0 aliphatic heterocycles. The van der Waals surface area contributed by atoms with Crippen LogP contribution in [0, 0.1) is 6.92 Å². The van der Waals surface area contributed by atoms with Crippen LogP contribution in [0.4, 0.5) is 0 Å². The van der Waals surface area contributed by atoms with Crippen LogP contribution in [0.1, 0.15) is 17.2 Å². The molecule has 0 saturated carbocycles. The Kier molecular flexibility index (Phi) is 2.39. The highest BCUT2D eigenvalue weighted by atomic mass is 16.3. The molecule has 2 nitrogen and oxygen atoms in total. The number of hydrogen-bond donors (Lipinski definition) is 1. The normalized spacial score (nSPS) is 12.5. The van der Waals surface area contributed by atoms with E-state index in [1.807, 2.05) is 19.1 Å². The van der Waals surface area contributed by atoms with E-state index in [0.29, 0.717) is 5.56 Å². The van der Waals surface area contributed by atoms with Gasteiger partial charge in [-0.3, -0.25) is 4.79 Å². The Morgan fingerprint density at radius 2 is 1.91 bits per heavy atom. The second-order valence-electron chi connectivity index (χ2n) is 2.43. The molecule has 0 saturated heterocycles. The van der Waals surface area contributed by atoms with Crippen molar-refractivity contribution in [2.24, 2.45) is 0 Å². The van der Waals surface area contributed by atoms with Gasteiger partial charge in [0.25, 0.3) is 0 Å². The number of aryl methyl sites for hydroxylation is 1. The molecule has 0 aliphatic carbocycles. The average molecular weight is 149 g/mol. The van der Waals surface area contributed by atoms with Crippen molar-refractivity contribution in [1.29, 1.82) is 0 Å². The molecule has 11 heavy (non-hydrogen) atoms. The first kappa shape index (κ1) is 7.95. The van der Waals surface area contributed by atoms with Crippen LogP contribution >= 0.6 is 0 Å². The van der Waals surface area contributed by atoms with E-state index in [0.717, 1.165) is 5.56 Å². The summed E-state index contributed by atoms with van der Waals surface area (Å²) >= 11 is 0. The summed E-state index contributed by atoms with van der Waals surface area (Å²) in [5.41, 5.74) is 1.69. The van der Waals surface area contributed by atoms with Crippen LogP contribution in [0.5, 0.6) is 0 Å². The molecule has 0 aliphatic rings. The van der Waals surface area contributed by atoms with Crippen LogP contribution in [0.2, 0.25) is 0 Å². The van der Waals surface area contributed by atoms with Crippen LogP contribution in [0.3, 0.4) is 0 Å². The molecule has 1 aromatic rings. The molecular weight excluding hydrogens is 140 g/mol. The summed E-state index contributed by atoms with van der Waals surface area (Å²) in [4.78, 5) is 10.0. The number of hydrogen-bond acceptors (Lipinski definition) is 2. The van der Waals surface area contributed by atoms with Crippen molar-refractivity contribution in [1.82, 2.24) is 0 Å². The molecule has 1 radical (unpaired) electrons. The van der Waals surface area contributed by atoms with Gasteiger partial charge in [0.05, 0.1) is 0 Å². The fraction of sp³-hybridized carbons (Fsp3) is 0.222. The zero-order valence-corrected chi connectivity index (χ0v) is 6.24. The molecule has 2 heteroatoms. The number of carbonyl (C=O) groups excluding carboxylic acids is 1. The van der Waals surface area contributed by atoms with Gasteiger partial charge in [0, 0.05) is 0 Å². The summed E-state index contributed by atoms with van der Waals surface area (Å²) in [5, 5.41) is 9.00. The second kappa shape index (κ2) is 3.30. The molecule has 1 unspecified atom stereocenters. The maximum Gasteiger partial charge on any atom is 0.234 e. The van der Waals surface area contributed by atoms with E-state index in [-0.39, 0.29) is 0 Å². The Labute approximate surface area is 65.5 Å². The predicted molar refractivity (Wildman–Crippen MR) is 41.8 cm³/mol. The maximum atomic E-state index is 10.0. The van der Waals surface area contributed by atoms with Gasteiger partial charge in [0.2, 0.25) is 6.29 Å². The standard InChI is InChI=1S/C9H9O2/c1-7-2-4-8(5-3-7)9(11)6-10/h2-5,9,11H,1H3. The average Bonchev–Trinajstić information content (AvgIpc) is 2.05. The van der Waals surface area contributed by atoms with Gasteiger partial charge in [-0.1, -0.05) is 29.8 Å². The van der Waals surface area contributed by atoms with Gasteiger partial charge in [0.15, 0.2) is 0 Å². The number of aliphatic hydroxyl groups excluding tert-OH is 1. The van der Waals surface area contributed by atoms with Crippen molar-refractivity contribution >= 4 is 6.29 Å². The molecule has 1 rings (SSSR count). The fourth-order valence-corrected chi connectivity index (χ4v) is 0.817. The molecule has 1 N–H and O–H groups in total. The summed E-state index contributed by atoms with van der Waals surface area (Å²) < 4.78 is 0. The smallest absolute Gasteiger partial charge is 0.234 e. The Balaban J connectivity index is 2.89. The summed E-state index contributed by atoms with van der Waals surface area (Å²) in [6, 6.07) is 7.11. The van der Waals surface area contributed by atoms with Crippen LogP contribution < -0.4 is 0 Å². The molecular formula is C9H9O2. The van der Waals surface area contributed by atoms with Gasteiger partial charge in [-0.05, 0) is 12.5 Å². The van der Waals surface area contributed by atoms with Crippen molar-refractivity contribution < 1.29 is 9.90 Å². The largest absolute Gasteiger partial charge is 0.380 e. The van der Waals surface area contributed by atoms with Crippen LogP contribution in [0.15, 0.2) is 24.3 Å². The predicted octanol–water partition coefficient (Wildman–Crippen LogP) is 1.14. The lowest BCUT2D eigenvalue weighted by Gasteiger charge is -2.01. The minimum absolute atomic E-state index is 0.589. The first-order valence-electron chi connectivity index (χ1n) is 3.36. The summed E-state index contributed by atoms with van der Waals surface area (Å²) in [6.45, 7) is 1.95. The first-order chi connectivity index (χ1) is 5.24. The lowest BCUT2D eigenvalue weighted by molar-refractivity contribution is 0.240. The van der Waals surface area contributed by atoms with Crippen LogP contribution in [0.25, 0.3) is 0 Å². The number of benzene rings is 1. The summed E-state index contributed by atoms with van der Waals surface area (Å²) in [7, 11) is 0. The van der Waals surface area contributed by atoms with Crippen molar-refractivity contribution in [2.45, 2.75) is 13.0 Å². The van der Waals surface area contributed by atoms with Gasteiger partial charge in [-0.15, -0.1) is 0 Å². The van der Waals surface area contributed by atoms with Gasteiger partial charge < -0.3 is 5.11 Å². The van der Waals surface area contributed by atoms with E-state index in [9.17, 15) is 4.79 Å². The zero-order chi connectivity index (χ0) is 8.27. The second-order valence-corrected chi connectivity index (χ2v) is 2.43. The highest BCUT2D eigenvalue weighted by molar-refractivity contribution is 5.60. The van der Waals surface area contributed by atoms with Gasteiger partial charge >= 0.3 is 0 Å². The third-order valence-corrected chi connectivity index (χ3v) is 1.50. The molecule has 1 atom stereocenters.